The summed E-state index contributed by atoms with van der Waals surface area (Å²) in [5, 5.41) is 1.78. The molecule has 1 heterocycles. The van der Waals surface area contributed by atoms with E-state index in [1.165, 1.54) is 28.6 Å². The van der Waals surface area contributed by atoms with Gasteiger partial charge in [-0.25, -0.2) is 8.42 Å². The number of piperidine rings is 1. The lowest BCUT2D eigenvalue weighted by Crippen LogP contribution is -2.35. The number of nitrogens with zero attached hydrogens (tertiary/aromatic N) is 1. The number of rotatable bonds is 6. The molecule has 12 heteroatoms. The van der Waals surface area contributed by atoms with Gasteiger partial charge in [0.25, 0.3) is 5.91 Å². The Morgan fingerprint density at radius 3 is 2.34 bits per heavy atom. The van der Waals surface area contributed by atoms with E-state index in [9.17, 15) is 26.4 Å². The fourth-order valence-corrected chi connectivity index (χ4v) is 5.24. The summed E-state index contributed by atoms with van der Waals surface area (Å²) < 4.78 is 70.9. The van der Waals surface area contributed by atoms with Gasteiger partial charge >= 0.3 is 6.18 Å². The highest BCUT2D eigenvalue weighted by molar-refractivity contribution is 7.89. The van der Waals surface area contributed by atoms with Gasteiger partial charge in [-0.1, -0.05) is 29.6 Å². The third-order valence-corrected chi connectivity index (χ3v) is 7.29. The number of benzene rings is 2. The molecule has 32 heavy (non-hydrogen) atoms. The van der Waals surface area contributed by atoms with E-state index in [0.29, 0.717) is 19.2 Å². The number of sulfonamides is 1. The number of ether oxygens (including phenoxy) is 1. The summed E-state index contributed by atoms with van der Waals surface area (Å²) in [7, 11) is -3.68. The first-order valence-electron chi connectivity index (χ1n) is 9.57. The number of amides is 1. The van der Waals surface area contributed by atoms with Crippen LogP contribution in [-0.2, 0) is 21.0 Å². The van der Waals surface area contributed by atoms with Crippen molar-refractivity contribution < 1.29 is 31.1 Å². The monoisotopic (exact) mass is 510 g/mol. The van der Waals surface area contributed by atoms with Crippen molar-refractivity contribution in [1.29, 1.82) is 0 Å². The molecule has 1 amide bonds. The van der Waals surface area contributed by atoms with Crippen LogP contribution in [0.15, 0.2) is 41.3 Å². The van der Waals surface area contributed by atoms with Crippen molar-refractivity contribution in [3.63, 3.8) is 0 Å². The van der Waals surface area contributed by atoms with Gasteiger partial charge in [0.05, 0.1) is 20.5 Å². The largest absolute Gasteiger partial charge is 0.482 e. The van der Waals surface area contributed by atoms with Gasteiger partial charge in [0.15, 0.2) is 6.61 Å². The molecular weight excluding hydrogens is 492 g/mol. The van der Waals surface area contributed by atoms with Crippen molar-refractivity contribution in [2.24, 2.45) is 0 Å². The van der Waals surface area contributed by atoms with Gasteiger partial charge in [0.1, 0.15) is 5.75 Å². The van der Waals surface area contributed by atoms with Crippen molar-refractivity contribution in [2.75, 3.05) is 25.0 Å². The lowest BCUT2D eigenvalue weighted by atomic mass is 10.2. The minimum atomic E-state index is -4.67. The van der Waals surface area contributed by atoms with Gasteiger partial charge in [-0.3, -0.25) is 4.79 Å². The molecule has 3 rings (SSSR count). The van der Waals surface area contributed by atoms with E-state index in [-0.39, 0.29) is 21.4 Å². The maximum atomic E-state index is 12.9. The Labute approximate surface area is 193 Å². The number of nitrogens with one attached hydrogen (secondary N) is 1. The van der Waals surface area contributed by atoms with Crippen LogP contribution >= 0.6 is 23.2 Å². The van der Waals surface area contributed by atoms with Gasteiger partial charge in [0.2, 0.25) is 10.0 Å². The molecule has 0 spiro atoms. The quantitative estimate of drug-likeness (QED) is 0.579. The van der Waals surface area contributed by atoms with Crippen LogP contribution in [0.3, 0.4) is 0 Å². The van der Waals surface area contributed by atoms with E-state index in [2.05, 4.69) is 5.32 Å². The van der Waals surface area contributed by atoms with Crippen LogP contribution in [0.5, 0.6) is 5.75 Å². The van der Waals surface area contributed by atoms with Crippen LogP contribution in [0.1, 0.15) is 24.8 Å². The van der Waals surface area contributed by atoms with E-state index in [1.807, 2.05) is 0 Å². The third kappa shape index (κ3) is 5.86. The van der Waals surface area contributed by atoms with Gasteiger partial charge in [-0.05, 0) is 49.2 Å². The zero-order valence-electron chi connectivity index (χ0n) is 16.6. The van der Waals surface area contributed by atoms with Gasteiger partial charge in [-0.15, -0.1) is 0 Å². The van der Waals surface area contributed by atoms with E-state index < -0.39 is 39.3 Å². The highest BCUT2D eigenvalue weighted by Crippen LogP contribution is 2.36. The van der Waals surface area contributed by atoms with E-state index >= 15 is 0 Å². The Hall–Kier alpha value is -2.01. The second kappa shape index (κ2) is 9.86. The third-order valence-electron chi connectivity index (χ3n) is 4.77. The van der Waals surface area contributed by atoms with Crippen LogP contribution in [0.2, 0.25) is 10.0 Å². The number of hydrogen-bond acceptors (Lipinski definition) is 4. The van der Waals surface area contributed by atoms with Crippen LogP contribution in [0.4, 0.5) is 18.9 Å². The molecule has 6 nitrogen and oxygen atoms in total. The Morgan fingerprint density at radius 1 is 1.03 bits per heavy atom. The number of hydrogen-bond donors (Lipinski definition) is 1. The molecule has 0 radical (unpaired) electrons. The lowest BCUT2D eigenvalue weighted by molar-refractivity contribution is -0.137. The molecule has 0 unspecified atom stereocenters. The summed E-state index contributed by atoms with van der Waals surface area (Å²) in [6, 6.07) is 6.87. The van der Waals surface area contributed by atoms with Crippen molar-refractivity contribution in [3.8, 4) is 5.75 Å². The van der Waals surface area contributed by atoms with Gasteiger partial charge in [0, 0.05) is 18.8 Å². The molecule has 0 atom stereocenters. The lowest BCUT2D eigenvalue weighted by Gasteiger charge is -2.26. The zero-order valence-corrected chi connectivity index (χ0v) is 18.9. The Balaban J connectivity index is 1.64. The Kier molecular flexibility index (Phi) is 7.59. The molecule has 1 fully saturated rings. The molecular formula is C20H19Cl2F3N2O4S. The normalized spacial score (nSPS) is 15.4. The maximum Gasteiger partial charge on any atom is 0.417 e. The fraction of sp³-hybridized carbons (Fsp3) is 0.350. The van der Waals surface area contributed by atoms with Crippen molar-refractivity contribution in [1.82, 2.24) is 4.31 Å². The minimum Gasteiger partial charge on any atom is -0.482 e. The van der Waals surface area contributed by atoms with Crippen molar-refractivity contribution in [2.45, 2.75) is 30.3 Å². The second-order valence-corrected chi connectivity index (χ2v) is 9.84. The first kappa shape index (κ1) is 24.6. The molecule has 1 N–H and O–H groups in total. The molecule has 1 saturated heterocycles. The number of alkyl halides is 3. The van der Waals surface area contributed by atoms with E-state index in [0.717, 1.165) is 25.3 Å². The average Bonchev–Trinajstić information content (AvgIpc) is 2.74. The highest BCUT2D eigenvalue weighted by Gasteiger charge is 2.33. The molecule has 0 bridgehead atoms. The maximum absolute atomic E-state index is 12.9. The predicted molar refractivity (Wildman–Crippen MR) is 115 cm³/mol. The van der Waals surface area contributed by atoms with Crippen molar-refractivity contribution in [3.05, 3.63) is 52.0 Å². The summed E-state index contributed by atoms with van der Waals surface area (Å²) in [6.45, 7) is 0.334. The van der Waals surface area contributed by atoms with Crippen LogP contribution in [0.25, 0.3) is 0 Å². The Bertz CT molecular complexity index is 1100. The molecule has 174 valence electrons. The second-order valence-electron chi connectivity index (χ2n) is 7.09. The van der Waals surface area contributed by atoms with E-state index in [1.54, 1.807) is 0 Å². The van der Waals surface area contributed by atoms with Gasteiger partial charge in [-0.2, -0.15) is 17.5 Å². The topological polar surface area (TPSA) is 75.7 Å². The van der Waals surface area contributed by atoms with E-state index in [4.69, 9.17) is 27.9 Å². The SMILES string of the molecule is O=C(COc1ccc(S(=O)(=O)N2CCCCC2)cc1Cl)Nc1ccc(Cl)c(C(F)(F)F)c1. The summed E-state index contributed by atoms with van der Waals surface area (Å²) in [6.07, 6.45) is -2.10. The standard InChI is InChI=1S/C20H19Cl2F3N2O4S/c21-16-6-4-13(10-15(16)20(23,24)25)26-19(28)12-31-18-7-5-14(11-17(18)22)32(29,30)27-8-2-1-3-9-27/h4-7,10-11H,1-3,8-9,12H2,(H,26,28). The number of anilines is 1. The minimum absolute atomic E-state index is 0.0123. The molecule has 1 aliphatic heterocycles. The first-order chi connectivity index (χ1) is 15.0. The molecule has 0 aliphatic carbocycles. The fourth-order valence-electron chi connectivity index (χ4n) is 3.17. The molecule has 0 aromatic heterocycles. The first-order valence-corrected chi connectivity index (χ1v) is 11.8. The Morgan fingerprint density at radius 2 is 1.72 bits per heavy atom. The molecule has 2 aromatic carbocycles. The zero-order chi connectivity index (χ0) is 23.5. The number of carbonyl (C=O) groups excluding carboxylic acids is 1. The highest BCUT2D eigenvalue weighted by atomic mass is 35.5. The van der Waals surface area contributed by atoms with Crippen LogP contribution in [0, 0.1) is 0 Å². The number of halogens is 5. The summed E-state index contributed by atoms with van der Waals surface area (Å²) in [4.78, 5) is 12.1. The number of carbonyl (C=O) groups is 1. The van der Waals surface area contributed by atoms with Crippen LogP contribution in [-0.4, -0.2) is 38.3 Å². The molecule has 2 aromatic rings. The summed E-state index contributed by atoms with van der Waals surface area (Å²) in [5.74, 6) is -0.673. The predicted octanol–water partition coefficient (Wildman–Crippen LogP) is 5.20. The van der Waals surface area contributed by atoms with Crippen LogP contribution < -0.4 is 10.1 Å². The summed E-state index contributed by atoms with van der Waals surface area (Å²) >= 11 is 11.7. The van der Waals surface area contributed by atoms with Crippen molar-refractivity contribution >= 4 is 44.8 Å². The average molecular weight is 511 g/mol. The smallest absolute Gasteiger partial charge is 0.417 e. The van der Waals surface area contributed by atoms with Gasteiger partial charge < -0.3 is 10.1 Å². The molecule has 1 aliphatic rings. The molecule has 0 saturated carbocycles. The summed E-state index contributed by atoms with van der Waals surface area (Å²) in [5.41, 5.74) is -1.18.